The summed E-state index contributed by atoms with van der Waals surface area (Å²) in [6, 6.07) is 2.30. The number of halogens is 2. The predicted octanol–water partition coefficient (Wildman–Crippen LogP) is 2.95. The first-order valence-electron chi connectivity index (χ1n) is 8.09. The minimum Gasteiger partial charge on any atom is -0.479 e. The van der Waals surface area contributed by atoms with Crippen LogP contribution < -0.4 is 5.32 Å². The molecule has 0 aliphatic carbocycles. The maximum Gasteiger partial charge on any atom is 0.330 e. The summed E-state index contributed by atoms with van der Waals surface area (Å²) in [5.74, 6) is -2.92. The molecule has 0 aliphatic rings. The van der Waals surface area contributed by atoms with Crippen LogP contribution in [0.25, 0.3) is 0 Å². The average Bonchev–Trinajstić information content (AvgIpc) is 2.81. The molecule has 0 bridgehead atoms. The number of carbonyl (C=O) groups is 2. The molecule has 1 heterocycles. The molecule has 6 nitrogen and oxygen atoms in total. The second-order valence-corrected chi connectivity index (χ2v) is 6.74. The smallest absolute Gasteiger partial charge is 0.330 e. The quantitative estimate of drug-likeness (QED) is 0.805. The fourth-order valence-electron chi connectivity index (χ4n) is 2.78. The van der Waals surface area contributed by atoms with Gasteiger partial charge >= 0.3 is 5.97 Å². The van der Waals surface area contributed by atoms with Gasteiger partial charge in [-0.05, 0) is 43.5 Å². The van der Waals surface area contributed by atoms with Crippen molar-refractivity contribution >= 4 is 23.5 Å². The van der Waals surface area contributed by atoms with Crippen LogP contribution in [0.15, 0.2) is 18.2 Å². The molecule has 2 atom stereocenters. The van der Waals surface area contributed by atoms with Gasteiger partial charge in [0.2, 0.25) is 5.91 Å². The zero-order chi connectivity index (χ0) is 19.6. The molecule has 0 spiro atoms. The monoisotopic (exact) mass is 381 g/mol. The molecule has 2 aromatic rings. The van der Waals surface area contributed by atoms with Gasteiger partial charge in [-0.1, -0.05) is 24.6 Å². The van der Waals surface area contributed by atoms with E-state index in [-0.39, 0.29) is 10.6 Å². The van der Waals surface area contributed by atoms with E-state index in [1.165, 1.54) is 12.1 Å². The highest BCUT2D eigenvalue weighted by atomic mass is 35.5. The number of aryl methyl sites for hydroxylation is 2. The molecule has 1 aromatic carbocycles. The van der Waals surface area contributed by atoms with E-state index in [2.05, 4.69) is 10.4 Å². The predicted molar refractivity (Wildman–Crippen MR) is 95.5 cm³/mol. The zero-order valence-corrected chi connectivity index (χ0v) is 15.8. The summed E-state index contributed by atoms with van der Waals surface area (Å²) in [5.41, 5.74) is 2.86. The van der Waals surface area contributed by atoms with Crippen molar-refractivity contribution in [3.63, 3.8) is 0 Å². The Labute approximate surface area is 156 Å². The number of carboxylic acid groups (broad SMARTS) is 1. The molecule has 0 saturated carbocycles. The molecule has 0 fully saturated rings. The molecule has 0 aliphatic heterocycles. The van der Waals surface area contributed by atoms with Crippen LogP contribution in [0.3, 0.4) is 0 Å². The van der Waals surface area contributed by atoms with Crippen LogP contribution in [0.2, 0.25) is 5.02 Å². The molecule has 26 heavy (non-hydrogen) atoms. The lowest BCUT2D eigenvalue weighted by Gasteiger charge is -2.18. The summed E-state index contributed by atoms with van der Waals surface area (Å²) in [6.45, 7) is 5.49. The minimum absolute atomic E-state index is 0.111. The van der Waals surface area contributed by atoms with E-state index in [4.69, 9.17) is 11.6 Å². The van der Waals surface area contributed by atoms with Crippen molar-refractivity contribution in [1.82, 2.24) is 15.1 Å². The van der Waals surface area contributed by atoms with Crippen LogP contribution in [0.5, 0.6) is 0 Å². The first-order valence-corrected chi connectivity index (χ1v) is 8.46. The summed E-state index contributed by atoms with van der Waals surface area (Å²) < 4.78 is 15.4. The van der Waals surface area contributed by atoms with Crippen molar-refractivity contribution in [3.8, 4) is 0 Å². The summed E-state index contributed by atoms with van der Waals surface area (Å²) in [6.07, 6.45) is 0.429. The lowest BCUT2D eigenvalue weighted by molar-refractivity contribution is -0.142. The number of nitrogens with zero attached hydrogens (tertiary/aromatic N) is 2. The van der Waals surface area contributed by atoms with Crippen molar-refractivity contribution < 1.29 is 19.1 Å². The van der Waals surface area contributed by atoms with E-state index in [9.17, 15) is 19.1 Å². The maximum absolute atomic E-state index is 13.6. The lowest BCUT2D eigenvalue weighted by Crippen LogP contribution is -2.37. The topological polar surface area (TPSA) is 84.2 Å². The highest BCUT2D eigenvalue weighted by Crippen LogP contribution is 2.22. The van der Waals surface area contributed by atoms with Crippen LogP contribution >= 0.6 is 11.6 Å². The Morgan fingerprint density at radius 2 is 2.04 bits per heavy atom. The van der Waals surface area contributed by atoms with Gasteiger partial charge in [-0.2, -0.15) is 5.10 Å². The highest BCUT2D eigenvalue weighted by molar-refractivity contribution is 6.30. The number of hydrogen-bond donors (Lipinski definition) is 2. The maximum atomic E-state index is 13.6. The third kappa shape index (κ3) is 4.22. The summed E-state index contributed by atoms with van der Waals surface area (Å²) in [7, 11) is 1.83. The van der Waals surface area contributed by atoms with Gasteiger partial charge in [0.1, 0.15) is 5.82 Å². The number of amides is 1. The van der Waals surface area contributed by atoms with Crippen molar-refractivity contribution in [2.24, 2.45) is 13.0 Å². The number of carbonyl (C=O) groups excluding carboxylic acids is 1. The Kier molecular flexibility index (Phi) is 6.02. The van der Waals surface area contributed by atoms with Crippen molar-refractivity contribution in [2.75, 3.05) is 0 Å². The number of benzene rings is 1. The molecular weight excluding hydrogens is 361 g/mol. The normalized spacial score (nSPS) is 13.3. The molecule has 0 radical (unpaired) electrons. The number of rotatable bonds is 6. The summed E-state index contributed by atoms with van der Waals surface area (Å²) in [5, 5.41) is 16.1. The molecule has 1 aromatic heterocycles. The number of hydrogen-bond acceptors (Lipinski definition) is 3. The van der Waals surface area contributed by atoms with E-state index < -0.39 is 29.7 Å². The Balaban J connectivity index is 2.16. The van der Waals surface area contributed by atoms with Gasteiger partial charge in [0.15, 0.2) is 6.04 Å². The number of aromatic nitrogens is 2. The van der Waals surface area contributed by atoms with Gasteiger partial charge in [0.05, 0.1) is 10.7 Å². The van der Waals surface area contributed by atoms with Gasteiger partial charge in [0, 0.05) is 18.7 Å². The second-order valence-electron chi connectivity index (χ2n) is 6.33. The first kappa shape index (κ1) is 19.9. The SMILES string of the molecule is Cc1nn(C)c(C)c1CC(C)C(=O)NC(C(=O)O)c1ccc(Cl)c(F)c1. The van der Waals surface area contributed by atoms with Crippen LogP contribution in [-0.4, -0.2) is 26.8 Å². The Bertz CT molecular complexity index is 850. The molecule has 0 saturated heterocycles. The van der Waals surface area contributed by atoms with Gasteiger partial charge in [-0.3, -0.25) is 9.48 Å². The van der Waals surface area contributed by atoms with Crippen molar-refractivity contribution in [1.29, 1.82) is 0 Å². The van der Waals surface area contributed by atoms with Gasteiger partial charge in [-0.25, -0.2) is 9.18 Å². The van der Waals surface area contributed by atoms with Crippen molar-refractivity contribution in [3.05, 3.63) is 51.6 Å². The van der Waals surface area contributed by atoms with Gasteiger partial charge in [0.25, 0.3) is 0 Å². The van der Waals surface area contributed by atoms with Gasteiger partial charge in [-0.15, -0.1) is 0 Å². The van der Waals surface area contributed by atoms with E-state index in [0.29, 0.717) is 6.42 Å². The van der Waals surface area contributed by atoms with Crippen LogP contribution in [-0.2, 0) is 23.1 Å². The minimum atomic E-state index is -1.35. The molecule has 1 amide bonds. The number of nitrogens with one attached hydrogen (secondary N) is 1. The Morgan fingerprint density at radius 1 is 1.38 bits per heavy atom. The van der Waals surface area contributed by atoms with Crippen LogP contribution in [0.1, 0.15) is 35.5 Å². The number of carboxylic acids is 1. The summed E-state index contributed by atoms with van der Waals surface area (Å²) in [4.78, 5) is 24.0. The Hall–Kier alpha value is -2.41. The largest absolute Gasteiger partial charge is 0.479 e. The van der Waals surface area contributed by atoms with E-state index in [0.717, 1.165) is 23.0 Å². The third-order valence-corrected chi connectivity index (χ3v) is 4.73. The van der Waals surface area contributed by atoms with Crippen LogP contribution in [0.4, 0.5) is 4.39 Å². The Morgan fingerprint density at radius 3 is 2.54 bits per heavy atom. The van der Waals surface area contributed by atoms with Gasteiger partial charge < -0.3 is 10.4 Å². The van der Waals surface area contributed by atoms with E-state index >= 15 is 0 Å². The molecule has 2 rings (SSSR count). The molecule has 2 unspecified atom stereocenters. The molecular formula is C18H21ClFN3O3. The average molecular weight is 382 g/mol. The fraction of sp³-hybridized carbons (Fsp3) is 0.389. The highest BCUT2D eigenvalue weighted by Gasteiger charge is 2.26. The standard InChI is InChI=1S/C18H21ClFN3O3/c1-9(7-13-10(2)22-23(4)11(13)3)17(24)21-16(18(25)26)12-5-6-14(19)15(20)8-12/h5-6,8-9,16H,7H2,1-4H3,(H,21,24)(H,25,26). The molecule has 2 N–H and O–H groups in total. The summed E-state index contributed by atoms with van der Waals surface area (Å²) >= 11 is 5.63. The molecule has 8 heteroatoms. The first-order chi connectivity index (χ1) is 12.1. The van der Waals surface area contributed by atoms with E-state index in [1.807, 2.05) is 20.9 Å². The zero-order valence-electron chi connectivity index (χ0n) is 15.0. The number of aliphatic carboxylic acids is 1. The van der Waals surface area contributed by atoms with E-state index in [1.54, 1.807) is 11.6 Å². The fourth-order valence-corrected chi connectivity index (χ4v) is 2.89. The van der Waals surface area contributed by atoms with Crippen LogP contribution in [0, 0.1) is 25.6 Å². The second kappa shape index (κ2) is 7.86. The molecule has 140 valence electrons. The third-order valence-electron chi connectivity index (χ3n) is 4.43. The van der Waals surface area contributed by atoms with Crippen molar-refractivity contribution in [2.45, 2.75) is 33.2 Å². The lowest BCUT2D eigenvalue weighted by atomic mass is 9.98.